The van der Waals surface area contributed by atoms with Crippen LogP contribution in [-0.4, -0.2) is 22.9 Å². The molecule has 4 aliphatic rings. The Morgan fingerprint density at radius 3 is 2.41 bits per heavy atom. The number of aliphatic hydroxyl groups excluding tert-OH is 2. The average Bonchev–Trinajstić information content (AvgIpc) is 2.76. The lowest BCUT2D eigenvalue weighted by molar-refractivity contribution is -0.178. The van der Waals surface area contributed by atoms with Crippen LogP contribution in [0.1, 0.15) is 99.8 Å². The molecule has 0 radical (unpaired) electrons. The number of hydrogen-bond donors (Lipinski definition) is 2. The molecule has 0 aromatic carbocycles. The lowest BCUT2D eigenvalue weighted by Gasteiger charge is -2.70. The van der Waals surface area contributed by atoms with E-state index >= 15 is 0 Å². The maximum atomic E-state index is 11.4. The van der Waals surface area contributed by atoms with E-state index < -0.39 is 0 Å². The molecule has 0 amide bonds. The molecule has 2 nitrogen and oxygen atoms in total. The van der Waals surface area contributed by atoms with Crippen molar-refractivity contribution in [3.8, 4) is 0 Å². The van der Waals surface area contributed by atoms with Gasteiger partial charge in [0.25, 0.3) is 0 Å². The molecule has 0 heterocycles. The Hall–Kier alpha value is -0.600. The number of aliphatic hydroxyl groups is 2. The highest BCUT2D eigenvalue weighted by atomic mass is 16.3. The topological polar surface area (TPSA) is 40.5 Å². The summed E-state index contributed by atoms with van der Waals surface area (Å²) in [6.07, 6.45) is 11.3. The highest BCUT2D eigenvalue weighted by molar-refractivity contribution is 5.34. The Balaban J connectivity index is 1.85. The molecule has 0 saturated heterocycles. The predicted molar refractivity (Wildman–Crippen MR) is 134 cm³/mol. The molecule has 3 saturated carbocycles. The van der Waals surface area contributed by atoms with Crippen LogP contribution in [0.3, 0.4) is 0 Å². The largest absolute Gasteiger partial charge is 0.396 e. The van der Waals surface area contributed by atoms with Crippen molar-refractivity contribution in [1.29, 1.82) is 0 Å². The first kappa shape index (κ1) is 24.5. The molecular formula is C30H50O2. The Kier molecular flexibility index (Phi) is 6.11. The fourth-order valence-corrected chi connectivity index (χ4v) is 9.88. The van der Waals surface area contributed by atoms with Gasteiger partial charge in [-0.1, -0.05) is 65.3 Å². The minimum absolute atomic E-state index is 0.0849. The van der Waals surface area contributed by atoms with E-state index in [-0.39, 0.29) is 27.8 Å². The smallest absolute Gasteiger partial charge is 0.0599 e. The molecule has 0 bridgehead atoms. The third-order valence-corrected chi connectivity index (χ3v) is 12.3. The molecule has 0 spiro atoms. The van der Waals surface area contributed by atoms with Gasteiger partial charge in [0.2, 0.25) is 0 Å². The number of fused-ring (bicyclic) bond motifs is 5. The van der Waals surface area contributed by atoms with Gasteiger partial charge >= 0.3 is 0 Å². The zero-order valence-corrected chi connectivity index (χ0v) is 22.0. The Morgan fingerprint density at radius 2 is 1.81 bits per heavy atom. The summed E-state index contributed by atoms with van der Waals surface area (Å²) in [5, 5.41) is 22.1. The van der Waals surface area contributed by atoms with Crippen LogP contribution in [0.5, 0.6) is 0 Å². The Morgan fingerprint density at radius 1 is 1.12 bits per heavy atom. The monoisotopic (exact) mass is 442 g/mol. The molecule has 4 aliphatic carbocycles. The number of hydrogen-bond acceptors (Lipinski definition) is 2. The van der Waals surface area contributed by atoms with E-state index in [1.807, 2.05) is 0 Å². The molecule has 32 heavy (non-hydrogen) atoms. The zero-order chi connectivity index (χ0) is 23.7. The predicted octanol–water partition coefficient (Wildman–Crippen LogP) is 7.16. The van der Waals surface area contributed by atoms with Crippen molar-refractivity contribution in [2.24, 2.45) is 51.2 Å². The first-order valence-corrected chi connectivity index (χ1v) is 13.6. The number of allylic oxidation sites excluding steroid dienone is 3. The highest BCUT2D eigenvalue weighted by Gasteiger charge is 2.67. The lowest BCUT2D eigenvalue weighted by atomic mass is 9.35. The van der Waals surface area contributed by atoms with Gasteiger partial charge in [-0.3, -0.25) is 0 Å². The molecule has 0 aromatic rings. The van der Waals surface area contributed by atoms with Gasteiger partial charge in [-0.2, -0.15) is 0 Å². The van der Waals surface area contributed by atoms with E-state index in [1.54, 1.807) is 5.57 Å². The van der Waals surface area contributed by atoms with E-state index in [4.69, 9.17) is 0 Å². The molecular weight excluding hydrogens is 392 g/mol. The van der Waals surface area contributed by atoms with E-state index in [1.165, 1.54) is 31.3 Å². The lowest BCUT2D eigenvalue weighted by Crippen LogP contribution is -2.64. The van der Waals surface area contributed by atoms with Gasteiger partial charge in [-0.05, 0) is 98.7 Å². The van der Waals surface area contributed by atoms with Crippen molar-refractivity contribution in [3.63, 3.8) is 0 Å². The van der Waals surface area contributed by atoms with Crippen molar-refractivity contribution in [2.45, 2.75) is 106 Å². The standard InChI is InChI=1S/C30H50O2/c1-9-25(32)29(8)22(19(2)3)13-14-28(7)24(29)11-10-23-26-21(5)20(4)12-15-30(26,18-31)17-16-27(23,28)6/h10,20-22,24-26,31-32H,2,9,11-18H2,1,3-8H3/t20-,21+,22+,24+,25?,26+,27-,28-,29+,30-/m1/s1. The van der Waals surface area contributed by atoms with Crippen LogP contribution in [0.25, 0.3) is 0 Å². The minimum Gasteiger partial charge on any atom is -0.396 e. The second-order valence-electron chi connectivity index (χ2n) is 13.3. The van der Waals surface area contributed by atoms with Crippen molar-refractivity contribution in [2.75, 3.05) is 6.61 Å². The molecule has 0 aromatic heterocycles. The van der Waals surface area contributed by atoms with Crippen LogP contribution in [-0.2, 0) is 0 Å². The first-order valence-electron chi connectivity index (χ1n) is 13.6. The highest BCUT2D eigenvalue weighted by Crippen LogP contribution is 2.74. The summed E-state index contributed by atoms with van der Waals surface area (Å²) in [6, 6.07) is 0. The van der Waals surface area contributed by atoms with Gasteiger partial charge < -0.3 is 10.2 Å². The van der Waals surface area contributed by atoms with Gasteiger partial charge in [0, 0.05) is 17.4 Å². The van der Waals surface area contributed by atoms with E-state index in [2.05, 4.69) is 61.1 Å². The van der Waals surface area contributed by atoms with Crippen LogP contribution in [0, 0.1) is 51.2 Å². The minimum atomic E-state index is -0.291. The molecule has 1 unspecified atom stereocenters. The molecule has 2 heteroatoms. The SMILES string of the molecule is C=C(C)[C@@H]1CC[C@]2(C)[C@H](CC=C3[C@@H]4[C@@H](C)[C@H](C)CC[C@]4(CO)CC[C@]32C)[C@@]1(C)C(O)CC. The quantitative estimate of drug-likeness (QED) is 0.453. The molecule has 3 fully saturated rings. The third-order valence-electron chi connectivity index (χ3n) is 12.3. The molecule has 0 aliphatic heterocycles. The summed E-state index contributed by atoms with van der Waals surface area (Å²) in [5.74, 6) is 2.71. The fraction of sp³-hybridized carbons (Fsp3) is 0.867. The Bertz CT molecular complexity index is 784. The van der Waals surface area contributed by atoms with Crippen LogP contribution >= 0.6 is 0 Å². The van der Waals surface area contributed by atoms with Gasteiger partial charge in [0.05, 0.1) is 6.10 Å². The summed E-state index contributed by atoms with van der Waals surface area (Å²) in [5.41, 5.74) is 3.21. The Labute approximate surface area is 198 Å². The van der Waals surface area contributed by atoms with Crippen molar-refractivity contribution in [1.82, 2.24) is 0 Å². The van der Waals surface area contributed by atoms with Gasteiger partial charge in [-0.25, -0.2) is 0 Å². The van der Waals surface area contributed by atoms with Crippen molar-refractivity contribution < 1.29 is 10.2 Å². The van der Waals surface area contributed by atoms with Gasteiger partial charge in [0.1, 0.15) is 0 Å². The van der Waals surface area contributed by atoms with Crippen molar-refractivity contribution in [3.05, 3.63) is 23.8 Å². The molecule has 10 atom stereocenters. The fourth-order valence-electron chi connectivity index (χ4n) is 9.88. The maximum absolute atomic E-state index is 11.4. The third kappa shape index (κ3) is 2.97. The molecule has 2 N–H and O–H groups in total. The normalized spacial score (nSPS) is 51.7. The van der Waals surface area contributed by atoms with Crippen molar-refractivity contribution >= 4 is 0 Å². The first-order chi connectivity index (χ1) is 14.9. The second kappa shape index (κ2) is 7.98. The van der Waals surface area contributed by atoms with Crippen LogP contribution < -0.4 is 0 Å². The second-order valence-corrected chi connectivity index (χ2v) is 13.3. The van der Waals surface area contributed by atoms with Crippen LogP contribution in [0.2, 0.25) is 0 Å². The van der Waals surface area contributed by atoms with Gasteiger partial charge in [-0.15, -0.1) is 0 Å². The van der Waals surface area contributed by atoms with Gasteiger partial charge in [0.15, 0.2) is 0 Å². The summed E-state index contributed by atoms with van der Waals surface area (Å²) in [7, 11) is 0. The maximum Gasteiger partial charge on any atom is 0.0599 e. The molecule has 182 valence electrons. The molecule has 4 rings (SSSR count). The van der Waals surface area contributed by atoms with E-state index in [0.29, 0.717) is 30.3 Å². The van der Waals surface area contributed by atoms with Crippen LogP contribution in [0.15, 0.2) is 23.8 Å². The summed E-state index contributed by atoms with van der Waals surface area (Å²) in [4.78, 5) is 0. The zero-order valence-electron chi connectivity index (χ0n) is 22.0. The summed E-state index contributed by atoms with van der Waals surface area (Å²) >= 11 is 0. The van der Waals surface area contributed by atoms with E-state index in [9.17, 15) is 10.2 Å². The summed E-state index contributed by atoms with van der Waals surface area (Å²) < 4.78 is 0. The van der Waals surface area contributed by atoms with E-state index in [0.717, 1.165) is 31.6 Å². The number of rotatable bonds is 4. The summed E-state index contributed by atoms with van der Waals surface area (Å²) in [6.45, 7) is 21.5. The average molecular weight is 443 g/mol. The van der Waals surface area contributed by atoms with Crippen LogP contribution in [0.4, 0.5) is 0 Å².